The van der Waals surface area contributed by atoms with E-state index in [4.69, 9.17) is 19.3 Å². The average Bonchev–Trinajstić information content (AvgIpc) is 2.73. The van der Waals surface area contributed by atoms with E-state index in [1.165, 1.54) is 0 Å². The van der Waals surface area contributed by atoms with Crippen molar-refractivity contribution in [3.8, 4) is 0 Å². The number of hydrogen-bond acceptors (Lipinski definition) is 13. The maximum absolute atomic E-state index is 12.1. The first kappa shape index (κ1) is 26.7. The number of nitrogens with one attached hydrogen (secondary N) is 1. The first-order valence-electron chi connectivity index (χ1n) is 9.70. The van der Waals surface area contributed by atoms with E-state index in [2.05, 4.69) is 5.32 Å². The number of ether oxygens (including phenoxy) is 3. The number of rotatable bonds is 8. The summed E-state index contributed by atoms with van der Waals surface area (Å²) in [6.07, 6.45) is -17.6. The Hall–Kier alpha value is -1.50. The van der Waals surface area contributed by atoms with Crippen molar-refractivity contribution in [1.82, 2.24) is 5.32 Å². The molecule has 15 heteroatoms. The van der Waals surface area contributed by atoms with Crippen LogP contribution in [0, 0.1) is 0 Å². The van der Waals surface area contributed by atoms with Gasteiger partial charge in [0.1, 0.15) is 42.7 Å². The third-order valence-corrected chi connectivity index (χ3v) is 5.35. The molecule has 1 amide bonds. The molecule has 2 saturated heterocycles. The lowest BCUT2D eigenvalue weighted by Crippen LogP contribution is -2.70. The molecule has 2 heterocycles. The number of carbonyl (C=O) groups is 2. The number of carboxylic acid groups (broad SMARTS) is 1. The second-order valence-corrected chi connectivity index (χ2v) is 7.69. The summed E-state index contributed by atoms with van der Waals surface area (Å²) < 4.78 is 15.5. The first-order valence-corrected chi connectivity index (χ1v) is 9.70. The number of amides is 1. The van der Waals surface area contributed by atoms with Gasteiger partial charge in [-0.1, -0.05) is 0 Å². The van der Waals surface area contributed by atoms with Crippen molar-refractivity contribution < 1.29 is 69.8 Å². The fourth-order valence-electron chi connectivity index (χ4n) is 3.67. The molecule has 11 atom stereocenters. The molecule has 2 fully saturated rings. The molecule has 0 aromatic carbocycles. The zero-order valence-electron chi connectivity index (χ0n) is 17.0. The van der Waals surface area contributed by atoms with Crippen LogP contribution in [0.25, 0.3) is 0 Å². The lowest BCUT2D eigenvalue weighted by molar-refractivity contribution is -0.366. The molecule has 10 N–H and O–H groups in total. The maximum atomic E-state index is 12.1. The van der Waals surface area contributed by atoms with Crippen molar-refractivity contribution in [2.75, 3.05) is 13.2 Å². The smallest absolute Gasteiger partial charge is 0.364 e. The van der Waals surface area contributed by atoms with Crippen LogP contribution in [-0.2, 0) is 23.8 Å². The van der Waals surface area contributed by atoms with E-state index in [1.807, 2.05) is 0 Å². The molecule has 2 aliphatic heterocycles. The molecule has 2 aliphatic rings. The predicted molar refractivity (Wildman–Crippen MR) is 97.4 cm³/mol. The van der Waals surface area contributed by atoms with Gasteiger partial charge in [-0.2, -0.15) is 0 Å². The lowest BCUT2D eigenvalue weighted by Gasteiger charge is -2.49. The Bertz CT molecular complexity index is 665. The third kappa shape index (κ3) is 5.35. The van der Waals surface area contributed by atoms with Gasteiger partial charge in [-0.05, 0) is 0 Å². The lowest BCUT2D eigenvalue weighted by atomic mass is 9.88. The van der Waals surface area contributed by atoms with Crippen LogP contribution >= 0.6 is 0 Å². The highest BCUT2D eigenvalue weighted by Gasteiger charge is 2.59. The van der Waals surface area contributed by atoms with Crippen molar-refractivity contribution in [2.45, 2.75) is 80.3 Å². The van der Waals surface area contributed by atoms with Crippen molar-refractivity contribution in [3.63, 3.8) is 0 Å². The molecular weight excluding hydrogens is 442 g/mol. The van der Waals surface area contributed by atoms with Crippen LogP contribution in [-0.4, -0.2) is 138 Å². The van der Waals surface area contributed by atoms with Crippen LogP contribution in [0.3, 0.4) is 0 Å². The standard InChI is InChI=1S/C17H29NO14/c1-5(21)18-9-6(22)2-17(16(28)29,31-13(9)10(24)7(23)3-19)32-14-11(25)8(4-20)30-15(27)12(14)26/h6-15,19-20,22-27H,2-4H2,1H3,(H,18,21)(H,28,29)/t6-,7-,8+,9-,10-,11+,12+,13-,14+,15-,17+/m0/s1. The van der Waals surface area contributed by atoms with E-state index >= 15 is 0 Å². The van der Waals surface area contributed by atoms with Crippen LogP contribution < -0.4 is 5.32 Å². The monoisotopic (exact) mass is 471 g/mol. The molecule has 0 saturated carbocycles. The average molecular weight is 471 g/mol. The number of carboxylic acids is 1. The van der Waals surface area contributed by atoms with E-state index < -0.39 is 98.5 Å². The molecule has 0 unspecified atom stereocenters. The predicted octanol–water partition coefficient (Wildman–Crippen LogP) is -6.05. The van der Waals surface area contributed by atoms with Crippen molar-refractivity contribution >= 4 is 11.9 Å². The normalized spacial score (nSPS) is 42.2. The summed E-state index contributed by atoms with van der Waals surface area (Å²) in [7, 11) is 0. The highest BCUT2D eigenvalue weighted by molar-refractivity contribution is 5.76. The fraction of sp³-hybridized carbons (Fsp3) is 0.882. The molecule has 0 radical (unpaired) electrons. The van der Waals surface area contributed by atoms with E-state index in [0.717, 1.165) is 6.92 Å². The Kier molecular flexibility index (Phi) is 8.88. The highest BCUT2D eigenvalue weighted by Crippen LogP contribution is 2.37. The summed E-state index contributed by atoms with van der Waals surface area (Å²) >= 11 is 0. The largest absolute Gasteiger partial charge is 0.477 e. The summed E-state index contributed by atoms with van der Waals surface area (Å²) in [5, 5.41) is 91.5. The van der Waals surface area contributed by atoms with Gasteiger partial charge in [-0.25, -0.2) is 4.79 Å². The molecule has 32 heavy (non-hydrogen) atoms. The Morgan fingerprint density at radius 2 is 1.78 bits per heavy atom. The fourth-order valence-corrected chi connectivity index (χ4v) is 3.67. The number of aliphatic carboxylic acids is 1. The first-order chi connectivity index (χ1) is 14.9. The second-order valence-electron chi connectivity index (χ2n) is 7.69. The number of carbonyl (C=O) groups excluding carboxylic acids is 1. The number of aliphatic hydroxyl groups excluding tert-OH is 8. The maximum Gasteiger partial charge on any atom is 0.364 e. The van der Waals surface area contributed by atoms with E-state index in [9.17, 15) is 50.4 Å². The summed E-state index contributed by atoms with van der Waals surface area (Å²) in [4.78, 5) is 23.6. The molecule has 0 aromatic rings. The Labute approximate surface area is 181 Å². The molecule has 0 aromatic heterocycles. The van der Waals surface area contributed by atoms with Crippen LogP contribution in [0.5, 0.6) is 0 Å². The SMILES string of the molecule is CC(=O)N[C@@H]1[C@@H]([C@@H](O)[C@@H](O)CO)O[C@](O[C@H]2[C@@H](O)[C@@H](O)O[C@H](CO)[C@H]2O)(C(=O)O)C[C@@H]1O. The van der Waals surface area contributed by atoms with Gasteiger partial charge in [0.05, 0.1) is 25.4 Å². The third-order valence-electron chi connectivity index (χ3n) is 5.35. The number of hydrogen-bond donors (Lipinski definition) is 10. The minimum Gasteiger partial charge on any atom is -0.477 e. The molecule has 2 rings (SSSR count). The van der Waals surface area contributed by atoms with Crippen molar-refractivity contribution in [1.29, 1.82) is 0 Å². The Morgan fingerprint density at radius 1 is 1.16 bits per heavy atom. The molecule has 0 bridgehead atoms. The Morgan fingerprint density at radius 3 is 2.28 bits per heavy atom. The van der Waals surface area contributed by atoms with E-state index in [1.54, 1.807) is 0 Å². The summed E-state index contributed by atoms with van der Waals surface area (Å²) in [6.45, 7) is -0.741. The van der Waals surface area contributed by atoms with Crippen LogP contribution in [0.1, 0.15) is 13.3 Å². The number of aliphatic hydroxyl groups is 8. The highest BCUT2D eigenvalue weighted by atomic mass is 16.7. The van der Waals surface area contributed by atoms with Crippen molar-refractivity contribution in [3.05, 3.63) is 0 Å². The van der Waals surface area contributed by atoms with Gasteiger partial charge in [0, 0.05) is 13.3 Å². The molecule has 186 valence electrons. The van der Waals surface area contributed by atoms with Gasteiger partial charge < -0.3 is 65.5 Å². The van der Waals surface area contributed by atoms with E-state index in [-0.39, 0.29) is 0 Å². The Balaban J connectivity index is 2.42. The zero-order valence-corrected chi connectivity index (χ0v) is 17.0. The molecule has 0 aliphatic carbocycles. The van der Waals surface area contributed by atoms with Gasteiger partial charge in [-0.15, -0.1) is 0 Å². The second kappa shape index (κ2) is 10.6. The van der Waals surface area contributed by atoms with Crippen LogP contribution in [0.2, 0.25) is 0 Å². The van der Waals surface area contributed by atoms with Crippen LogP contribution in [0.15, 0.2) is 0 Å². The molecule has 15 nitrogen and oxygen atoms in total. The quantitative estimate of drug-likeness (QED) is 0.158. The topological polar surface area (TPSA) is 256 Å². The van der Waals surface area contributed by atoms with Gasteiger partial charge in [0.25, 0.3) is 5.79 Å². The van der Waals surface area contributed by atoms with Gasteiger partial charge >= 0.3 is 5.97 Å². The minimum atomic E-state index is -2.86. The summed E-state index contributed by atoms with van der Waals surface area (Å²) in [5.41, 5.74) is 0. The summed E-state index contributed by atoms with van der Waals surface area (Å²) in [5.74, 6) is -5.44. The van der Waals surface area contributed by atoms with Gasteiger partial charge in [-0.3, -0.25) is 4.79 Å². The minimum absolute atomic E-state index is 0.693. The van der Waals surface area contributed by atoms with Gasteiger partial charge in [0.2, 0.25) is 5.91 Å². The molecular formula is C17H29NO14. The summed E-state index contributed by atoms with van der Waals surface area (Å²) in [6, 6.07) is -1.44. The van der Waals surface area contributed by atoms with Gasteiger partial charge in [0.15, 0.2) is 6.29 Å². The van der Waals surface area contributed by atoms with Crippen molar-refractivity contribution in [2.24, 2.45) is 0 Å². The van der Waals surface area contributed by atoms with E-state index in [0.29, 0.717) is 0 Å². The zero-order chi connectivity index (χ0) is 24.4. The molecule has 0 spiro atoms. The van der Waals surface area contributed by atoms with Crippen LogP contribution in [0.4, 0.5) is 0 Å².